The van der Waals surface area contributed by atoms with E-state index >= 15 is 0 Å². The number of rotatable bonds is 3. The molecule has 0 spiro atoms. The van der Waals surface area contributed by atoms with Crippen LogP contribution in [0.1, 0.15) is 30.7 Å². The summed E-state index contributed by atoms with van der Waals surface area (Å²) in [5.41, 5.74) is 0. The van der Waals surface area contributed by atoms with Crippen molar-refractivity contribution in [3.8, 4) is 0 Å². The van der Waals surface area contributed by atoms with Crippen LogP contribution < -0.4 is 0 Å². The van der Waals surface area contributed by atoms with Gasteiger partial charge in [-0.15, -0.1) is 0 Å². The number of hydrogen-bond donors (Lipinski definition) is 1. The molecule has 72 valence electrons. The van der Waals surface area contributed by atoms with Crippen molar-refractivity contribution in [2.24, 2.45) is 0 Å². The topological polar surface area (TPSA) is 68.4 Å². The SMILES string of the molecule is OCCc1noc(C2CCCO2)n1. The van der Waals surface area contributed by atoms with Gasteiger partial charge in [-0.05, 0) is 12.8 Å². The molecule has 1 aromatic rings. The Bertz CT molecular complexity index is 268. The molecule has 0 radical (unpaired) electrons. The van der Waals surface area contributed by atoms with Crippen molar-refractivity contribution < 1.29 is 14.4 Å². The van der Waals surface area contributed by atoms with Crippen LogP contribution >= 0.6 is 0 Å². The average Bonchev–Trinajstić information content (AvgIpc) is 2.70. The summed E-state index contributed by atoms with van der Waals surface area (Å²) in [4.78, 5) is 4.12. The first-order valence-electron chi connectivity index (χ1n) is 4.45. The zero-order valence-corrected chi connectivity index (χ0v) is 7.27. The molecule has 13 heavy (non-hydrogen) atoms. The molecule has 0 saturated carbocycles. The van der Waals surface area contributed by atoms with E-state index in [0.29, 0.717) is 18.1 Å². The predicted octanol–water partition coefficient (Wildman–Crippen LogP) is 0.456. The fourth-order valence-corrected chi connectivity index (χ4v) is 1.37. The molecule has 2 rings (SSSR count). The maximum absolute atomic E-state index is 8.64. The van der Waals surface area contributed by atoms with Crippen molar-refractivity contribution in [2.75, 3.05) is 13.2 Å². The lowest BCUT2D eigenvalue weighted by Gasteiger charge is -2.00. The Balaban J connectivity index is 2.03. The van der Waals surface area contributed by atoms with Gasteiger partial charge in [-0.2, -0.15) is 4.98 Å². The molecule has 0 bridgehead atoms. The van der Waals surface area contributed by atoms with Crippen LogP contribution in [0.15, 0.2) is 4.52 Å². The first-order valence-corrected chi connectivity index (χ1v) is 4.45. The van der Waals surface area contributed by atoms with Gasteiger partial charge >= 0.3 is 0 Å². The van der Waals surface area contributed by atoms with Crippen LogP contribution in [0.3, 0.4) is 0 Å². The predicted molar refractivity (Wildman–Crippen MR) is 43.0 cm³/mol. The Morgan fingerprint density at radius 2 is 2.46 bits per heavy atom. The molecule has 1 atom stereocenters. The molecule has 0 aromatic carbocycles. The van der Waals surface area contributed by atoms with Gasteiger partial charge < -0.3 is 14.4 Å². The highest BCUT2D eigenvalue weighted by Crippen LogP contribution is 2.26. The third-order valence-corrected chi connectivity index (χ3v) is 2.02. The van der Waals surface area contributed by atoms with Crippen molar-refractivity contribution in [3.05, 3.63) is 11.7 Å². The summed E-state index contributed by atoms with van der Waals surface area (Å²) in [6.45, 7) is 0.812. The zero-order valence-electron chi connectivity index (χ0n) is 7.27. The van der Waals surface area contributed by atoms with E-state index in [1.807, 2.05) is 0 Å². The number of nitrogens with zero attached hydrogens (tertiary/aromatic N) is 2. The Kier molecular flexibility index (Phi) is 2.56. The van der Waals surface area contributed by atoms with Gasteiger partial charge in [-0.3, -0.25) is 0 Å². The van der Waals surface area contributed by atoms with Crippen LogP contribution in [0, 0.1) is 0 Å². The van der Waals surface area contributed by atoms with Gasteiger partial charge in [0.2, 0.25) is 0 Å². The third-order valence-electron chi connectivity index (χ3n) is 2.02. The first kappa shape index (κ1) is 8.65. The molecule has 1 aliphatic heterocycles. The Hall–Kier alpha value is -0.940. The normalized spacial score (nSPS) is 22.4. The summed E-state index contributed by atoms with van der Waals surface area (Å²) in [7, 11) is 0. The van der Waals surface area contributed by atoms with E-state index in [9.17, 15) is 0 Å². The van der Waals surface area contributed by atoms with Gasteiger partial charge in [-0.25, -0.2) is 0 Å². The van der Waals surface area contributed by atoms with Crippen LogP contribution in [0.2, 0.25) is 0 Å². The van der Waals surface area contributed by atoms with Crippen LogP contribution in [-0.4, -0.2) is 28.5 Å². The summed E-state index contributed by atoms with van der Waals surface area (Å²) in [5.74, 6) is 1.09. The standard InChI is InChI=1S/C8H12N2O3/c11-4-3-7-9-8(13-10-7)6-2-1-5-12-6/h6,11H,1-5H2. The fraction of sp³-hybridized carbons (Fsp3) is 0.750. The highest BCUT2D eigenvalue weighted by Gasteiger charge is 2.23. The third kappa shape index (κ3) is 1.87. The van der Waals surface area contributed by atoms with Crippen LogP contribution in [0.25, 0.3) is 0 Å². The summed E-state index contributed by atoms with van der Waals surface area (Å²) in [6.07, 6.45) is 2.40. The van der Waals surface area contributed by atoms with E-state index in [1.165, 1.54) is 0 Å². The fourth-order valence-electron chi connectivity index (χ4n) is 1.37. The number of aliphatic hydroxyl groups excluding tert-OH is 1. The quantitative estimate of drug-likeness (QED) is 0.738. The highest BCUT2D eigenvalue weighted by atomic mass is 16.5. The maximum atomic E-state index is 8.64. The molecule has 5 nitrogen and oxygen atoms in total. The van der Waals surface area contributed by atoms with E-state index in [0.717, 1.165) is 19.4 Å². The highest BCUT2D eigenvalue weighted by molar-refractivity contribution is 4.91. The minimum absolute atomic E-state index is 0.0278. The van der Waals surface area contributed by atoms with E-state index in [1.54, 1.807) is 0 Å². The largest absolute Gasteiger partial charge is 0.396 e. The molecular weight excluding hydrogens is 172 g/mol. The second kappa shape index (κ2) is 3.85. The Labute approximate surface area is 75.7 Å². The summed E-state index contributed by atoms with van der Waals surface area (Å²) in [6, 6.07) is 0. The molecule has 2 heterocycles. The molecule has 0 aliphatic carbocycles. The molecule has 1 fully saturated rings. The first-order chi connectivity index (χ1) is 6.40. The molecule has 1 N–H and O–H groups in total. The van der Waals surface area contributed by atoms with E-state index in [2.05, 4.69) is 10.1 Å². The van der Waals surface area contributed by atoms with Crippen molar-refractivity contribution in [2.45, 2.75) is 25.4 Å². The van der Waals surface area contributed by atoms with E-state index < -0.39 is 0 Å². The van der Waals surface area contributed by atoms with Gasteiger partial charge in [0.05, 0.1) is 6.61 Å². The van der Waals surface area contributed by atoms with Crippen molar-refractivity contribution in [3.63, 3.8) is 0 Å². The Morgan fingerprint density at radius 1 is 1.54 bits per heavy atom. The van der Waals surface area contributed by atoms with Gasteiger partial charge in [0.25, 0.3) is 5.89 Å². The molecule has 1 aliphatic rings. The minimum atomic E-state index is -0.0278. The zero-order chi connectivity index (χ0) is 9.10. The second-order valence-corrected chi connectivity index (χ2v) is 3.02. The van der Waals surface area contributed by atoms with Crippen LogP contribution in [0.5, 0.6) is 0 Å². The molecule has 1 saturated heterocycles. The number of aliphatic hydroxyl groups is 1. The summed E-state index contributed by atoms with van der Waals surface area (Å²) in [5, 5.41) is 12.4. The number of ether oxygens (including phenoxy) is 1. The van der Waals surface area contributed by atoms with Crippen molar-refractivity contribution in [1.29, 1.82) is 0 Å². The summed E-state index contributed by atoms with van der Waals surface area (Å²) >= 11 is 0. The monoisotopic (exact) mass is 184 g/mol. The second-order valence-electron chi connectivity index (χ2n) is 3.02. The number of aromatic nitrogens is 2. The van der Waals surface area contributed by atoms with E-state index in [4.69, 9.17) is 14.4 Å². The lowest BCUT2D eigenvalue weighted by Crippen LogP contribution is -1.97. The average molecular weight is 184 g/mol. The summed E-state index contributed by atoms with van der Waals surface area (Å²) < 4.78 is 10.4. The van der Waals surface area contributed by atoms with Crippen LogP contribution in [-0.2, 0) is 11.2 Å². The lowest BCUT2D eigenvalue weighted by molar-refractivity contribution is 0.0835. The smallest absolute Gasteiger partial charge is 0.255 e. The van der Waals surface area contributed by atoms with Gasteiger partial charge in [0.15, 0.2) is 5.82 Å². The minimum Gasteiger partial charge on any atom is -0.396 e. The number of hydrogen-bond acceptors (Lipinski definition) is 5. The van der Waals surface area contributed by atoms with Crippen molar-refractivity contribution in [1.82, 2.24) is 10.1 Å². The van der Waals surface area contributed by atoms with E-state index in [-0.39, 0.29) is 12.7 Å². The van der Waals surface area contributed by atoms with Gasteiger partial charge in [0.1, 0.15) is 6.10 Å². The Morgan fingerprint density at radius 3 is 3.15 bits per heavy atom. The van der Waals surface area contributed by atoms with Crippen molar-refractivity contribution >= 4 is 0 Å². The molecular formula is C8H12N2O3. The molecule has 5 heteroatoms. The molecule has 1 aromatic heterocycles. The van der Waals surface area contributed by atoms with Gasteiger partial charge in [-0.1, -0.05) is 5.16 Å². The van der Waals surface area contributed by atoms with Gasteiger partial charge in [0, 0.05) is 13.0 Å². The molecule has 0 amide bonds. The molecule has 1 unspecified atom stereocenters. The van der Waals surface area contributed by atoms with Crippen LogP contribution in [0.4, 0.5) is 0 Å². The maximum Gasteiger partial charge on any atom is 0.255 e. The lowest BCUT2D eigenvalue weighted by atomic mass is 10.2.